The fourth-order valence-corrected chi connectivity index (χ4v) is 5.25. The molecule has 1 aromatic heterocycles. The van der Waals surface area contributed by atoms with Crippen molar-refractivity contribution in [3.05, 3.63) is 17.0 Å². The Kier molecular flexibility index (Phi) is 6.34. The number of methoxy groups -OCH3 is 1. The van der Waals surface area contributed by atoms with E-state index >= 15 is 0 Å². The number of rotatable bonds is 5. The summed E-state index contributed by atoms with van der Waals surface area (Å²) in [4.78, 5) is 35.8. The van der Waals surface area contributed by atoms with Crippen LogP contribution in [0.25, 0.3) is 0 Å². The number of amides is 3. The lowest BCUT2D eigenvalue weighted by molar-refractivity contribution is -0.125. The predicted octanol–water partition coefficient (Wildman–Crippen LogP) is -0.576. The summed E-state index contributed by atoms with van der Waals surface area (Å²) in [7, 11) is -2.50. The van der Waals surface area contributed by atoms with Crippen LogP contribution < -0.4 is 11.1 Å². The maximum Gasteiger partial charge on any atom is 0.338 e. The molecule has 1 aliphatic rings. The van der Waals surface area contributed by atoms with Gasteiger partial charge < -0.3 is 10.5 Å². The third-order valence-electron chi connectivity index (χ3n) is 4.04. The highest BCUT2D eigenvalue weighted by molar-refractivity contribution is 7.91. The molecule has 2 heterocycles. The molecule has 26 heavy (non-hydrogen) atoms. The number of nitrogens with one attached hydrogen (secondary N) is 1. The summed E-state index contributed by atoms with van der Waals surface area (Å²) in [5.74, 6) is -1.13. The first-order valence-corrected chi connectivity index (χ1v) is 10.00. The lowest BCUT2D eigenvalue weighted by Gasteiger charge is -2.36. The Bertz CT molecular complexity index is 798. The normalized spacial score (nSPS) is 17.5. The summed E-state index contributed by atoms with van der Waals surface area (Å²) in [6, 6.07) is -0.247. The topological polar surface area (TPSA) is 139 Å². The summed E-state index contributed by atoms with van der Waals surface area (Å²) in [6.45, 7) is 2.62. The molecule has 12 heteroatoms. The lowest BCUT2D eigenvalue weighted by Crippen LogP contribution is -2.55. The molecule has 144 valence electrons. The Labute approximate surface area is 154 Å². The molecule has 0 saturated carbocycles. The Balaban J connectivity index is 2.02. The fourth-order valence-electron chi connectivity index (χ4n) is 2.53. The number of hydrogen-bond donors (Lipinski definition) is 2. The van der Waals surface area contributed by atoms with E-state index in [0.717, 1.165) is 11.3 Å². The molecular formula is C14H20N4O6S2. The van der Waals surface area contributed by atoms with Gasteiger partial charge in [0.1, 0.15) is 4.21 Å². The molecule has 1 fully saturated rings. The van der Waals surface area contributed by atoms with Crippen molar-refractivity contribution < 1.29 is 27.5 Å². The molecule has 3 amide bonds. The summed E-state index contributed by atoms with van der Waals surface area (Å²) >= 11 is 0.953. The molecule has 0 aromatic carbocycles. The number of carbonyl (C=O) groups excluding carboxylic acids is 3. The zero-order valence-corrected chi connectivity index (χ0v) is 15.9. The van der Waals surface area contributed by atoms with E-state index in [4.69, 9.17) is 5.73 Å². The molecule has 1 atom stereocenters. The highest BCUT2D eigenvalue weighted by atomic mass is 32.2. The SMILES string of the molecule is COC(=O)c1csc(S(=O)(=O)N2CCN(C(C)C(=O)NC(N)=O)CC2)c1. The van der Waals surface area contributed by atoms with E-state index in [1.165, 1.54) is 22.9 Å². The van der Waals surface area contributed by atoms with Crippen LogP contribution in [0.2, 0.25) is 0 Å². The van der Waals surface area contributed by atoms with Gasteiger partial charge in [-0.05, 0) is 13.0 Å². The molecule has 0 aliphatic carbocycles. The molecule has 2 rings (SSSR count). The smallest absolute Gasteiger partial charge is 0.338 e. The second kappa shape index (κ2) is 8.12. The molecule has 10 nitrogen and oxygen atoms in total. The van der Waals surface area contributed by atoms with Gasteiger partial charge in [0.05, 0.1) is 18.7 Å². The van der Waals surface area contributed by atoms with Crippen LogP contribution in [0.4, 0.5) is 4.79 Å². The quantitative estimate of drug-likeness (QED) is 0.626. The van der Waals surface area contributed by atoms with E-state index < -0.39 is 34.0 Å². The van der Waals surface area contributed by atoms with Gasteiger partial charge in [-0.3, -0.25) is 15.0 Å². The summed E-state index contributed by atoms with van der Waals surface area (Å²) in [5.41, 5.74) is 5.12. The van der Waals surface area contributed by atoms with Crippen molar-refractivity contribution in [3.8, 4) is 0 Å². The molecule has 0 bridgehead atoms. The number of nitrogens with two attached hydrogens (primary N) is 1. The van der Waals surface area contributed by atoms with Gasteiger partial charge in [0.15, 0.2) is 0 Å². The van der Waals surface area contributed by atoms with Crippen LogP contribution in [0.3, 0.4) is 0 Å². The molecule has 0 radical (unpaired) electrons. The summed E-state index contributed by atoms with van der Waals surface area (Å²) in [5, 5.41) is 3.45. The molecular weight excluding hydrogens is 384 g/mol. The molecule has 1 saturated heterocycles. The van der Waals surface area contributed by atoms with Crippen LogP contribution in [0.15, 0.2) is 15.7 Å². The number of hydrogen-bond acceptors (Lipinski definition) is 8. The number of ether oxygens (including phenoxy) is 1. The zero-order valence-electron chi connectivity index (χ0n) is 14.3. The van der Waals surface area contributed by atoms with E-state index in [1.54, 1.807) is 11.8 Å². The van der Waals surface area contributed by atoms with Crippen LogP contribution in [-0.2, 0) is 19.6 Å². The van der Waals surface area contributed by atoms with Crippen LogP contribution in [-0.4, -0.2) is 74.9 Å². The maximum atomic E-state index is 12.7. The Morgan fingerprint density at radius 2 is 1.88 bits per heavy atom. The maximum absolute atomic E-state index is 12.7. The zero-order chi connectivity index (χ0) is 19.5. The third kappa shape index (κ3) is 4.38. The van der Waals surface area contributed by atoms with Crippen LogP contribution in [0.5, 0.6) is 0 Å². The van der Waals surface area contributed by atoms with Crippen LogP contribution >= 0.6 is 11.3 Å². The average Bonchev–Trinajstić information content (AvgIpc) is 3.11. The van der Waals surface area contributed by atoms with Crippen molar-refractivity contribution >= 4 is 39.3 Å². The number of sulfonamides is 1. The van der Waals surface area contributed by atoms with Crippen molar-refractivity contribution in [1.82, 2.24) is 14.5 Å². The van der Waals surface area contributed by atoms with Gasteiger partial charge in [-0.1, -0.05) is 0 Å². The largest absolute Gasteiger partial charge is 0.465 e. The minimum atomic E-state index is -3.73. The van der Waals surface area contributed by atoms with Crippen molar-refractivity contribution in [2.45, 2.75) is 17.2 Å². The number of esters is 1. The van der Waals surface area contributed by atoms with E-state index in [1.807, 2.05) is 5.32 Å². The second-order valence-electron chi connectivity index (χ2n) is 5.62. The minimum Gasteiger partial charge on any atom is -0.465 e. The highest BCUT2D eigenvalue weighted by Crippen LogP contribution is 2.25. The number of primary amides is 1. The van der Waals surface area contributed by atoms with E-state index in [2.05, 4.69) is 4.74 Å². The average molecular weight is 404 g/mol. The van der Waals surface area contributed by atoms with Gasteiger partial charge in [-0.25, -0.2) is 18.0 Å². The number of carbonyl (C=O) groups is 3. The van der Waals surface area contributed by atoms with Gasteiger partial charge in [0.25, 0.3) is 10.0 Å². The van der Waals surface area contributed by atoms with Crippen molar-refractivity contribution in [3.63, 3.8) is 0 Å². The van der Waals surface area contributed by atoms with Gasteiger partial charge in [0.2, 0.25) is 5.91 Å². The number of imide groups is 1. The number of piperazine rings is 1. The number of urea groups is 1. The summed E-state index contributed by atoms with van der Waals surface area (Å²) < 4.78 is 31.3. The van der Waals surface area contributed by atoms with Crippen molar-refractivity contribution in [1.29, 1.82) is 0 Å². The Hall–Kier alpha value is -2.02. The summed E-state index contributed by atoms with van der Waals surface area (Å²) in [6.07, 6.45) is 0. The van der Waals surface area contributed by atoms with Crippen LogP contribution in [0, 0.1) is 0 Å². The predicted molar refractivity (Wildman–Crippen MR) is 93.2 cm³/mol. The Morgan fingerprint density at radius 1 is 1.27 bits per heavy atom. The van der Waals surface area contributed by atoms with E-state index in [0.29, 0.717) is 13.1 Å². The number of nitrogens with zero attached hydrogens (tertiary/aromatic N) is 2. The minimum absolute atomic E-state index is 0.0610. The molecule has 1 unspecified atom stereocenters. The van der Waals surface area contributed by atoms with E-state index in [9.17, 15) is 22.8 Å². The first-order chi connectivity index (χ1) is 12.2. The van der Waals surface area contributed by atoms with Gasteiger partial charge in [-0.15, -0.1) is 11.3 Å². The monoisotopic (exact) mass is 404 g/mol. The van der Waals surface area contributed by atoms with Crippen molar-refractivity contribution in [2.24, 2.45) is 5.73 Å². The van der Waals surface area contributed by atoms with Crippen LogP contribution in [0.1, 0.15) is 17.3 Å². The molecule has 1 aromatic rings. The van der Waals surface area contributed by atoms with Gasteiger partial charge >= 0.3 is 12.0 Å². The Morgan fingerprint density at radius 3 is 2.42 bits per heavy atom. The van der Waals surface area contributed by atoms with E-state index in [-0.39, 0.29) is 22.9 Å². The molecule has 3 N–H and O–H groups in total. The number of thiophene rings is 1. The first kappa shape index (κ1) is 20.3. The van der Waals surface area contributed by atoms with Gasteiger partial charge in [-0.2, -0.15) is 4.31 Å². The van der Waals surface area contributed by atoms with Gasteiger partial charge in [0, 0.05) is 31.6 Å². The lowest BCUT2D eigenvalue weighted by atomic mass is 10.2. The fraction of sp³-hybridized carbons (Fsp3) is 0.500. The first-order valence-electron chi connectivity index (χ1n) is 7.68. The molecule has 1 aliphatic heterocycles. The standard InChI is InChI=1S/C14H20N4O6S2/c1-9(12(19)16-14(15)21)17-3-5-18(6-4-17)26(22,23)11-7-10(8-25-11)13(20)24-2/h7-9H,3-6H2,1-2H3,(H3,15,16,19,21). The highest BCUT2D eigenvalue weighted by Gasteiger charge is 2.33. The van der Waals surface area contributed by atoms with Crippen molar-refractivity contribution in [2.75, 3.05) is 33.3 Å². The third-order valence-corrected chi connectivity index (χ3v) is 7.35. The molecule has 0 spiro atoms. The second-order valence-corrected chi connectivity index (χ2v) is 8.69.